The first kappa shape index (κ1) is 24.6. The lowest BCUT2D eigenvalue weighted by Gasteiger charge is -2.36. The van der Waals surface area contributed by atoms with Crippen molar-refractivity contribution < 1.29 is 32.3 Å². The van der Waals surface area contributed by atoms with Crippen LogP contribution in [0.2, 0.25) is 0 Å². The van der Waals surface area contributed by atoms with Gasteiger partial charge in [-0.05, 0) is 37.3 Å². The lowest BCUT2D eigenvalue weighted by molar-refractivity contribution is -0.262. The fourth-order valence-electron chi connectivity index (χ4n) is 3.43. The standard InChI is InChI=1S/C27H27O7P/c1-3-13-25-26(20-29-27(31-25)22-14-7-4-8-15-22)30-21(2)32-35(28,33-23-16-9-5-10-17-23)34-24-18-11-6-12-19-24/h3-12,14-19,25-27H,1-2,13,20H2/t25-,26+,27+/m0/s1. The van der Waals surface area contributed by atoms with Gasteiger partial charge in [-0.2, -0.15) is 4.57 Å². The summed E-state index contributed by atoms with van der Waals surface area (Å²) < 4.78 is 48.2. The predicted molar refractivity (Wildman–Crippen MR) is 132 cm³/mol. The molecule has 0 bridgehead atoms. The Hall–Kier alpha value is -3.51. The van der Waals surface area contributed by atoms with Crippen LogP contribution in [0.25, 0.3) is 0 Å². The number of phosphoric acid groups is 1. The number of ether oxygens (including phenoxy) is 3. The van der Waals surface area contributed by atoms with Crippen LogP contribution in [0.1, 0.15) is 18.3 Å². The zero-order valence-electron chi connectivity index (χ0n) is 19.1. The molecule has 0 amide bonds. The first-order chi connectivity index (χ1) is 17.0. The molecule has 0 radical (unpaired) electrons. The maximum absolute atomic E-state index is 13.6. The highest BCUT2D eigenvalue weighted by molar-refractivity contribution is 7.49. The summed E-state index contributed by atoms with van der Waals surface area (Å²) in [6.07, 6.45) is 0.728. The maximum Gasteiger partial charge on any atom is 0.649 e. The Morgan fingerprint density at radius 2 is 1.46 bits per heavy atom. The first-order valence-corrected chi connectivity index (χ1v) is 12.6. The predicted octanol–water partition coefficient (Wildman–Crippen LogP) is 6.82. The average molecular weight is 494 g/mol. The van der Waals surface area contributed by atoms with E-state index in [4.69, 9.17) is 27.8 Å². The fourth-order valence-corrected chi connectivity index (χ4v) is 4.60. The van der Waals surface area contributed by atoms with Crippen LogP contribution in [0.3, 0.4) is 0 Å². The van der Waals surface area contributed by atoms with Gasteiger partial charge in [0.15, 0.2) is 12.4 Å². The van der Waals surface area contributed by atoms with E-state index in [1.165, 1.54) is 0 Å². The van der Waals surface area contributed by atoms with E-state index in [2.05, 4.69) is 13.2 Å². The summed E-state index contributed by atoms with van der Waals surface area (Å²) >= 11 is 0. The molecule has 0 spiro atoms. The minimum absolute atomic E-state index is 0.198. The highest BCUT2D eigenvalue weighted by Crippen LogP contribution is 2.51. The van der Waals surface area contributed by atoms with Crippen molar-refractivity contribution in [2.75, 3.05) is 6.61 Å². The minimum Gasteiger partial charge on any atom is -0.457 e. The van der Waals surface area contributed by atoms with E-state index in [1.807, 2.05) is 42.5 Å². The molecule has 1 aliphatic heterocycles. The molecule has 0 N–H and O–H groups in total. The van der Waals surface area contributed by atoms with Gasteiger partial charge in [0.1, 0.15) is 17.6 Å². The molecule has 7 nitrogen and oxygen atoms in total. The van der Waals surface area contributed by atoms with Crippen LogP contribution >= 0.6 is 7.82 Å². The summed E-state index contributed by atoms with van der Waals surface area (Å²) in [7, 11) is -4.21. The number of benzene rings is 3. The zero-order chi connectivity index (χ0) is 24.5. The Labute approximate surface area is 205 Å². The second-order valence-corrected chi connectivity index (χ2v) is 9.09. The molecule has 3 atom stereocenters. The van der Waals surface area contributed by atoms with Gasteiger partial charge in [-0.15, -0.1) is 6.58 Å². The van der Waals surface area contributed by atoms with Crippen LogP contribution in [0.15, 0.2) is 116 Å². The average Bonchev–Trinajstić information content (AvgIpc) is 2.86. The molecule has 1 fully saturated rings. The molecular weight excluding hydrogens is 467 g/mol. The molecule has 3 aromatic rings. The topological polar surface area (TPSA) is 72.5 Å². The van der Waals surface area contributed by atoms with E-state index in [1.54, 1.807) is 54.6 Å². The van der Waals surface area contributed by atoms with Gasteiger partial charge in [-0.25, -0.2) is 0 Å². The second kappa shape index (κ2) is 11.8. The van der Waals surface area contributed by atoms with E-state index >= 15 is 0 Å². The smallest absolute Gasteiger partial charge is 0.457 e. The molecular formula is C27H27O7P. The van der Waals surface area contributed by atoms with Crippen molar-refractivity contribution in [1.29, 1.82) is 0 Å². The molecule has 0 saturated carbocycles. The Morgan fingerprint density at radius 3 is 2.00 bits per heavy atom. The van der Waals surface area contributed by atoms with Gasteiger partial charge in [0.2, 0.25) is 0 Å². The quantitative estimate of drug-likeness (QED) is 0.165. The number of phosphoric ester groups is 1. The van der Waals surface area contributed by atoms with Crippen molar-refractivity contribution in [2.45, 2.75) is 24.9 Å². The molecule has 1 aliphatic rings. The van der Waals surface area contributed by atoms with Crippen LogP contribution in [-0.2, 0) is 23.3 Å². The summed E-state index contributed by atoms with van der Waals surface area (Å²) in [6.45, 7) is 7.78. The van der Waals surface area contributed by atoms with Crippen molar-refractivity contribution in [1.82, 2.24) is 0 Å². The molecule has 4 rings (SSSR count). The highest BCUT2D eigenvalue weighted by Gasteiger charge is 2.38. The van der Waals surface area contributed by atoms with Crippen molar-refractivity contribution >= 4 is 7.82 Å². The minimum atomic E-state index is -4.21. The number of hydrogen-bond acceptors (Lipinski definition) is 7. The fraction of sp³-hybridized carbons (Fsp3) is 0.185. The summed E-state index contributed by atoms with van der Waals surface area (Å²) in [5.41, 5.74) is 0.895. The van der Waals surface area contributed by atoms with Gasteiger partial charge >= 0.3 is 7.82 Å². The van der Waals surface area contributed by atoms with Gasteiger partial charge in [0.05, 0.1) is 6.61 Å². The van der Waals surface area contributed by atoms with E-state index in [0.717, 1.165) is 5.56 Å². The molecule has 0 aromatic heterocycles. The van der Waals surface area contributed by atoms with Crippen LogP contribution in [0, 0.1) is 0 Å². The lowest BCUT2D eigenvalue weighted by atomic mass is 10.1. The Kier molecular flexibility index (Phi) is 8.27. The third kappa shape index (κ3) is 6.99. The number of rotatable bonds is 11. The highest BCUT2D eigenvalue weighted by atomic mass is 31.2. The van der Waals surface area contributed by atoms with Gasteiger partial charge < -0.3 is 27.8 Å². The van der Waals surface area contributed by atoms with Gasteiger partial charge in [0.25, 0.3) is 5.95 Å². The largest absolute Gasteiger partial charge is 0.649 e. The first-order valence-electron chi connectivity index (χ1n) is 11.1. The monoisotopic (exact) mass is 494 g/mol. The summed E-state index contributed by atoms with van der Waals surface area (Å²) in [5, 5.41) is 0. The number of para-hydroxylation sites is 2. The Balaban J connectivity index is 1.45. The summed E-state index contributed by atoms with van der Waals surface area (Å²) in [5.74, 6) is 0.364. The molecule has 35 heavy (non-hydrogen) atoms. The van der Waals surface area contributed by atoms with E-state index in [0.29, 0.717) is 17.9 Å². The SMILES string of the molecule is C=CC[C@@H]1O[C@H](c2ccccc2)OC[C@H]1OC(=C)OP(=O)(Oc1ccccc1)Oc1ccccc1. The van der Waals surface area contributed by atoms with Crippen molar-refractivity contribution in [3.63, 3.8) is 0 Å². The van der Waals surface area contributed by atoms with E-state index < -0.39 is 26.3 Å². The second-order valence-electron chi connectivity index (χ2n) is 7.65. The third-order valence-corrected chi connectivity index (χ3v) is 6.31. The maximum atomic E-state index is 13.6. The lowest BCUT2D eigenvalue weighted by Crippen LogP contribution is -2.42. The zero-order valence-corrected chi connectivity index (χ0v) is 20.0. The van der Waals surface area contributed by atoms with Gasteiger partial charge in [0, 0.05) is 5.56 Å². The van der Waals surface area contributed by atoms with Gasteiger partial charge in [-0.3, -0.25) is 0 Å². The normalized spacial score (nSPS) is 19.8. The molecule has 1 heterocycles. The molecule has 8 heteroatoms. The summed E-state index contributed by atoms with van der Waals surface area (Å²) in [4.78, 5) is 0. The Morgan fingerprint density at radius 1 is 0.914 bits per heavy atom. The van der Waals surface area contributed by atoms with Gasteiger partial charge in [-0.1, -0.05) is 72.8 Å². The molecule has 1 saturated heterocycles. The van der Waals surface area contributed by atoms with Crippen molar-refractivity contribution in [3.8, 4) is 11.5 Å². The number of hydrogen-bond donors (Lipinski definition) is 0. The Bertz CT molecular complexity index is 1090. The third-order valence-electron chi connectivity index (χ3n) is 5.01. The van der Waals surface area contributed by atoms with Crippen molar-refractivity contribution in [2.24, 2.45) is 0 Å². The molecule has 0 aliphatic carbocycles. The molecule has 3 aromatic carbocycles. The van der Waals surface area contributed by atoms with Crippen LogP contribution < -0.4 is 9.05 Å². The molecule has 182 valence electrons. The van der Waals surface area contributed by atoms with Crippen LogP contribution in [0.4, 0.5) is 0 Å². The van der Waals surface area contributed by atoms with E-state index in [-0.39, 0.29) is 12.6 Å². The van der Waals surface area contributed by atoms with Crippen LogP contribution in [0.5, 0.6) is 11.5 Å². The molecule has 0 unspecified atom stereocenters. The van der Waals surface area contributed by atoms with E-state index in [9.17, 15) is 4.57 Å². The summed E-state index contributed by atoms with van der Waals surface area (Å²) in [6, 6.07) is 26.8. The van der Waals surface area contributed by atoms with Crippen molar-refractivity contribution in [3.05, 3.63) is 122 Å². The van der Waals surface area contributed by atoms with Crippen LogP contribution in [-0.4, -0.2) is 18.8 Å².